The van der Waals surface area contributed by atoms with Crippen molar-refractivity contribution in [3.05, 3.63) is 35.9 Å². The van der Waals surface area contributed by atoms with Crippen molar-refractivity contribution in [1.82, 2.24) is 16.0 Å². The molecule has 1 rings (SSSR count). The van der Waals surface area contributed by atoms with Crippen LogP contribution in [0.4, 0.5) is 0 Å². The van der Waals surface area contributed by atoms with Crippen molar-refractivity contribution in [3.63, 3.8) is 0 Å². The Balaban J connectivity index is 2.83. The summed E-state index contributed by atoms with van der Waals surface area (Å²) in [7, 11) is 0. The standard InChI is InChI=1S/C22H33N3O4/c1-14(2)11-19(23-16(5)27)21(28)25-20(15(3)4)22(29)24-18(13-26)12-17-9-7-6-8-10-17/h6-10,13-15,18-20H,11-12H2,1-5H3,(H,23,27)(H,24,29)(H,25,28)/t18-,19+,20-/m0/s1. The third-order valence-corrected chi connectivity index (χ3v) is 4.44. The first-order chi connectivity index (χ1) is 13.6. The molecule has 3 N–H and O–H groups in total. The highest BCUT2D eigenvalue weighted by atomic mass is 16.2. The van der Waals surface area contributed by atoms with E-state index in [0.29, 0.717) is 19.1 Å². The molecule has 1 aromatic carbocycles. The van der Waals surface area contributed by atoms with Gasteiger partial charge in [-0.15, -0.1) is 0 Å². The fourth-order valence-electron chi connectivity index (χ4n) is 3.01. The highest BCUT2D eigenvalue weighted by Crippen LogP contribution is 2.09. The zero-order valence-electron chi connectivity index (χ0n) is 17.9. The second kappa shape index (κ2) is 12.0. The van der Waals surface area contributed by atoms with Gasteiger partial charge in [-0.2, -0.15) is 0 Å². The van der Waals surface area contributed by atoms with Crippen molar-refractivity contribution in [2.45, 2.75) is 65.6 Å². The number of hydrogen-bond donors (Lipinski definition) is 3. The molecule has 7 heteroatoms. The molecule has 3 amide bonds. The van der Waals surface area contributed by atoms with Crippen molar-refractivity contribution < 1.29 is 19.2 Å². The lowest BCUT2D eigenvalue weighted by Gasteiger charge is -2.26. The van der Waals surface area contributed by atoms with Gasteiger partial charge in [0, 0.05) is 6.92 Å². The van der Waals surface area contributed by atoms with Crippen LogP contribution >= 0.6 is 0 Å². The maximum Gasteiger partial charge on any atom is 0.243 e. The van der Waals surface area contributed by atoms with Gasteiger partial charge in [-0.3, -0.25) is 14.4 Å². The topological polar surface area (TPSA) is 104 Å². The molecule has 0 aromatic heterocycles. The Morgan fingerprint density at radius 1 is 0.931 bits per heavy atom. The van der Waals surface area contributed by atoms with Crippen LogP contribution in [0.5, 0.6) is 0 Å². The molecule has 0 saturated heterocycles. The number of nitrogens with one attached hydrogen (secondary N) is 3. The van der Waals surface area contributed by atoms with Crippen LogP contribution in [0.1, 0.15) is 46.6 Å². The predicted molar refractivity (Wildman–Crippen MR) is 112 cm³/mol. The van der Waals surface area contributed by atoms with Crippen molar-refractivity contribution in [1.29, 1.82) is 0 Å². The average Bonchev–Trinajstić information content (AvgIpc) is 2.64. The summed E-state index contributed by atoms with van der Waals surface area (Å²) >= 11 is 0. The number of carbonyl (C=O) groups is 4. The van der Waals surface area contributed by atoms with Gasteiger partial charge < -0.3 is 20.7 Å². The molecule has 0 aliphatic heterocycles. The van der Waals surface area contributed by atoms with Crippen molar-refractivity contribution >= 4 is 24.0 Å². The fourth-order valence-corrected chi connectivity index (χ4v) is 3.01. The first kappa shape index (κ1) is 24.3. The molecule has 29 heavy (non-hydrogen) atoms. The maximum absolute atomic E-state index is 12.8. The van der Waals surface area contributed by atoms with Crippen LogP contribution in [-0.4, -0.2) is 42.1 Å². The molecular weight excluding hydrogens is 370 g/mol. The minimum atomic E-state index is -0.816. The Bertz CT molecular complexity index is 689. The molecular formula is C22H33N3O4. The molecule has 1 aromatic rings. The van der Waals surface area contributed by atoms with Gasteiger partial charge >= 0.3 is 0 Å². The van der Waals surface area contributed by atoms with E-state index >= 15 is 0 Å². The summed E-state index contributed by atoms with van der Waals surface area (Å²) in [4.78, 5) is 48.4. The van der Waals surface area contributed by atoms with Crippen LogP contribution in [0, 0.1) is 11.8 Å². The molecule has 0 aliphatic carbocycles. The van der Waals surface area contributed by atoms with Gasteiger partial charge in [-0.05, 0) is 30.2 Å². The third-order valence-electron chi connectivity index (χ3n) is 4.44. The Kier molecular flexibility index (Phi) is 10.1. The van der Waals surface area contributed by atoms with E-state index < -0.39 is 29.9 Å². The molecule has 0 heterocycles. The van der Waals surface area contributed by atoms with E-state index in [0.717, 1.165) is 5.56 Å². The minimum absolute atomic E-state index is 0.189. The average molecular weight is 404 g/mol. The number of benzene rings is 1. The van der Waals surface area contributed by atoms with Gasteiger partial charge in [0.2, 0.25) is 17.7 Å². The lowest BCUT2D eigenvalue weighted by atomic mass is 9.99. The summed E-state index contributed by atoms with van der Waals surface area (Å²) in [6.07, 6.45) is 1.53. The van der Waals surface area contributed by atoms with Gasteiger partial charge in [0.25, 0.3) is 0 Å². The molecule has 3 atom stereocenters. The number of rotatable bonds is 11. The highest BCUT2D eigenvalue weighted by molar-refractivity contribution is 5.92. The van der Waals surface area contributed by atoms with E-state index in [1.54, 1.807) is 0 Å². The molecule has 0 spiro atoms. The lowest BCUT2D eigenvalue weighted by molar-refractivity contribution is -0.133. The van der Waals surface area contributed by atoms with E-state index in [1.807, 2.05) is 58.0 Å². The lowest BCUT2D eigenvalue weighted by Crippen LogP contribution is -2.57. The first-order valence-electron chi connectivity index (χ1n) is 10.0. The molecule has 0 bridgehead atoms. The third kappa shape index (κ3) is 8.89. The molecule has 0 saturated carbocycles. The van der Waals surface area contributed by atoms with Gasteiger partial charge in [0.15, 0.2) is 0 Å². The highest BCUT2D eigenvalue weighted by Gasteiger charge is 2.29. The monoisotopic (exact) mass is 403 g/mol. The molecule has 160 valence electrons. The van der Waals surface area contributed by atoms with Crippen LogP contribution in [0.2, 0.25) is 0 Å². The zero-order chi connectivity index (χ0) is 22.0. The second-order valence-electron chi connectivity index (χ2n) is 8.05. The smallest absolute Gasteiger partial charge is 0.243 e. The van der Waals surface area contributed by atoms with E-state index in [1.165, 1.54) is 6.92 Å². The summed E-state index contributed by atoms with van der Waals surface area (Å²) in [5, 5.41) is 8.09. The summed E-state index contributed by atoms with van der Waals surface area (Å²) in [5.74, 6) is -1.14. The van der Waals surface area contributed by atoms with Crippen LogP contribution in [-0.2, 0) is 25.6 Å². The van der Waals surface area contributed by atoms with Crippen molar-refractivity contribution in [2.24, 2.45) is 11.8 Å². The van der Waals surface area contributed by atoms with E-state index in [9.17, 15) is 19.2 Å². The Hall–Kier alpha value is -2.70. The summed E-state index contributed by atoms with van der Waals surface area (Å²) in [6.45, 7) is 8.88. The van der Waals surface area contributed by atoms with E-state index in [2.05, 4.69) is 16.0 Å². The Labute approximate surface area is 173 Å². The SMILES string of the molecule is CC(=O)N[C@H](CC(C)C)C(=O)N[C@H](C(=O)N[C@H](C=O)Cc1ccccc1)C(C)C. The van der Waals surface area contributed by atoms with Crippen LogP contribution < -0.4 is 16.0 Å². The fraction of sp³-hybridized carbons (Fsp3) is 0.545. The number of carbonyl (C=O) groups excluding carboxylic acids is 4. The number of hydrogen-bond acceptors (Lipinski definition) is 4. The zero-order valence-corrected chi connectivity index (χ0v) is 17.9. The van der Waals surface area contributed by atoms with Crippen LogP contribution in [0.3, 0.4) is 0 Å². The first-order valence-corrected chi connectivity index (χ1v) is 10.0. The minimum Gasteiger partial charge on any atom is -0.345 e. The van der Waals surface area contributed by atoms with Gasteiger partial charge in [0.05, 0.1) is 6.04 Å². The summed E-state index contributed by atoms with van der Waals surface area (Å²) < 4.78 is 0. The van der Waals surface area contributed by atoms with E-state index in [-0.39, 0.29) is 17.7 Å². The Morgan fingerprint density at radius 3 is 2.03 bits per heavy atom. The number of amides is 3. The molecule has 0 unspecified atom stereocenters. The molecule has 0 aliphatic rings. The molecule has 0 radical (unpaired) electrons. The Morgan fingerprint density at radius 2 is 1.55 bits per heavy atom. The van der Waals surface area contributed by atoms with E-state index in [4.69, 9.17) is 0 Å². The van der Waals surface area contributed by atoms with Crippen molar-refractivity contribution in [2.75, 3.05) is 0 Å². The van der Waals surface area contributed by atoms with Gasteiger partial charge in [-0.1, -0.05) is 58.0 Å². The van der Waals surface area contributed by atoms with Gasteiger partial charge in [0.1, 0.15) is 18.4 Å². The van der Waals surface area contributed by atoms with Crippen molar-refractivity contribution in [3.8, 4) is 0 Å². The summed E-state index contributed by atoms with van der Waals surface area (Å²) in [5.41, 5.74) is 0.928. The summed E-state index contributed by atoms with van der Waals surface area (Å²) in [6, 6.07) is 7.16. The normalized spacial score (nSPS) is 14.0. The second-order valence-corrected chi connectivity index (χ2v) is 8.05. The predicted octanol–water partition coefficient (Wildman–Crippen LogP) is 1.60. The maximum atomic E-state index is 12.8. The molecule has 7 nitrogen and oxygen atoms in total. The molecule has 0 fully saturated rings. The quantitative estimate of drug-likeness (QED) is 0.488. The van der Waals surface area contributed by atoms with Crippen LogP contribution in [0.15, 0.2) is 30.3 Å². The largest absolute Gasteiger partial charge is 0.345 e. The van der Waals surface area contributed by atoms with Crippen LogP contribution in [0.25, 0.3) is 0 Å². The van der Waals surface area contributed by atoms with Gasteiger partial charge in [-0.25, -0.2) is 0 Å². The number of aldehydes is 1.